The van der Waals surface area contributed by atoms with E-state index < -0.39 is 0 Å². The highest BCUT2D eigenvalue weighted by atomic mass is 16.2. The molecule has 26 heavy (non-hydrogen) atoms. The van der Waals surface area contributed by atoms with Crippen LogP contribution in [-0.4, -0.2) is 49.3 Å². The third-order valence-corrected chi connectivity index (χ3v) is 4.76. The van der Waals surface area contributed by atoms with E-state index in [2.05, 4.69) is 20.3 Å². The van der Waals surface area contributed by atoms with Crippen molar-refractivity contribution >= 4 is 11.6 Å². The Balaban J connectivity index is 1.33. The number of amides is 1. The zero-order valence-electron chi connectivity index (χ0n) is 14.5. The second-order valence-corrected chi connectivity index (χ2v) is 6.56. The molecule has 1 saturated heterocycles. The topological polar surface area (TPSA) is 68.0 Å². The molecule has 0 aliphatic carbocycles. The maximum absolute atomic E-state index is 12.4. The standard InChI is InChI=1S/C19H22N6O/c26-19(14-23-10-1-3-18(23)13-25-11-2-8-21-25)22-16-4-6-17(7-5-16)24-12-9-20-15-24/h2,4-9,11-12,15,18H,1,3,10,13-14H2,(H,22,26)/t18-/m1/s1. The van der Waals surface area contributed by atoms with Crippen molar-refractivity contribution in [1.29, 1.82) is 0 Å². The summed E-state index contributed by atoms with van der Waals surface area (Å²) < 4.78 is 3.87. The number of anilines is 1. The Labute approximate surface area is 152 Å². The smallest absolute Gasteiger partial charge is 0.238 e. The van der Waals surface area contributed by atoms with E-state index in [0.29, 0.717) is 12.6 Å². The highest BCUT2D eigenvalue weighted by Crippen LogP contribution is 2.19. The summed E-state index contributed by atoms with van der Waals surface area (Å²) in [5, 5.41) is 7.27. The summed E-state index contributed by atoms with van der Waals surface area (Å²) in [5.41, 5.74) is 1.82. The van der Waals surface area contributed by atoms with E-state index in [4.69, 9.17) is 0 Å². The molecule has 134 valence electrons. The molecular formula is C19H22N6O. The largest absolute Gasteiger partial charge is 0.325 e. The van der Waals surface area contributed by atoms with Gasteiger partial charge in [-0.2, -0.15) is 5.10 Å². The molecule has 7 nitrogen and oxygen atoms in total. The SMILES string of the molecule is O=C(CN1CCC[C@@H]1Cn1cccn1)Nc1ccc(-n2ccnc2)cc1. The zero-order chi connectivity index (χ0) is 17.8. The molecule has 0 unspecified atom stereocenters. The number of nitrogens with zero attached hydrogens (tertiary/aromatic N) is 5. The summed E-state index contributed by atoms with van der Waals surface area (Å²) in [4.78, 5) is 18.7. The Bertz CT molecular complexity index is 826. The fraction of sp³-hybridized carbons (Fsp3) is 0.316. The van der Waals surface area contributed by atoms with Gasteiger partial charge in [0.2, 0.25) is 5.91 Å². The number of hydrogen-bond donors (Lipinski definition) is 1. The first-order chi connectivity index (χ1) is 12.8. The zero-order valence-corrected chi connectivity index (χ0v) is 14.5. The monoisotopic (exact) mass is 350 g/mol. The van der Waals surface area contributed by atoms with E-state index in [1.165, 1.54) is 0 Å². The number of carbonyl (C=O) groups is 1. The number of rotatable bonds is 6. The fourth-order valence-electron chi connectivity index (χ4n) is 3.45. The second kappa shape index (κ2) is 7.53. The molecule has 3 heterocycles. The molecule has 1 amide bonds. The summed E-state index contributed by atoms with van der Waals surface area (Å²) in [6, 6.07) is 10.1. The van der Waals surface area contributed by atoms with Gasteiger partial charge in [-0.1, -0.05) is 0 Å². The molecule has 1 N–H and O–H groups in total. The quantitative estimate of drug-likeness (QED) is 0.740. The number of hydrogen-bond acceptors (Lipinski definition) is 4. The van der Waals surface area contributed by atoms with Crippen LogP contribution >= 0.6 is 0 Å². The van der Waals surface area contributed by atoms with Crippen LogP contribution in [0.5, 0.6) is 0 Å². The minimum absolute atomic E-state index is 0.0211. The Morgan fingerprint density at radius 1 is 1.19 bits per heavy atom. The average Bonchev–Trinajstić information content (AvgIpc) is 3.40. The van der Waals surface area contributed by atoms with Gasteiger partial charge in [-0.15, -0.1) is 0 Å². The van der Waals surface area contributed by atoms with E-state index >= 15 is 0 Å². The van der Waals surface area contributed by atoms with Crippen molar-refractivity contribution < 1.29 is 4.79 Å². The Kier molecular flexibility index (Phi) is 4.79. The van der Waals surface area contributed by atoms with Gasteiger partial charge in [-0.25, -0.2) is 4.98 Å². The van der Waals surface area contributed by atoms with Gasteiger partial charge in [0.25, 0.3) is 0 Å². The number of aromatic nitrogens is 4. The van der Waals surface area contributed by atoms with Crippen molar-refractivity contribution in [2.45, 2.75) is 25.4 Å². The van der Waals surface area contributed by atoms with Crippen molar-refractivity contribution in [2.75, 3.05) is 18.4 Å². The molecule has 0 bridgehead atoms. The predicted octanol–water partition coefficient (Wildman–Crippen LogP) is 2.17. The Morgan fingerprint density at radius 2 is 2.08 bits per heavy atom. The number of likely N-dealkylation sites (tertiary alicyclic amines) is 1. The predicted molar refractivity (Wildman–Crippen MR) is 99.0 cm³/mol. The van der Waals surface area contributed by atoms with Crippen molar-refractivity contribution in [3.63, 3.8) is 0 Å². The van der Waals surface area contributed by atoms with Crippen molar-refractivity contribution in [3.05, 3.63) is 61.4 Å². The third-order valence-electron chi connectivity index (χ3n) is 4.76. The first-order valence-corrected chi connectivity index (χ1v) is 8.88. The van der Waals surface area contributed by atoms with Gasteiger partial charge >= 0.3 is 0 Å². The van der Waals surface area contributed by atoms with Crippen LogP contribution in [-0.2, 0) is 11.3 Å². The van der Waals surface area contributed by atoms with Crippen molar-refractivity contribution in [2.24, 2.45) is 0 Å². The molecule has 7 heteroatoms. The van der Waals surface area contributed by atoms with Crippen molar-refractivity contribution in [1.82, 2.24) is 24.2 Å². The molecule has 1 fully saturated rings. The van der Waals surface area contributed by atoms with Gasteiger partial charge in [-0.05, 0) is 49.7 Å². The van der Waals surface area contributed by atoms with Crippen LogP contribution in [0.4, 0.5) is 5.69 Å². The van der Waals surface area contributed by atoms with Gasteiger partial charge in [0, 0.05) is 42.2 Å². The summed E-state index contributed by atoms with van der Waals surface area (Å²) >= 11 is 0. The molecule has 0 saturated carbocycles. The van der Waals surface area contributed by atoms with E-state index in [0.717, 1.165) is 37.3 Å². The highest BCUT2D eigenvalue weighted by Gasteiger charge is 2.26. The minimum atomic E-state index is 0.0211. The van der Waals surface area contributed by atoms with E-state index in [-0.39, 0.29) is 5.91 Å². The maximum atomic E-state index is 12.4. The first kappa shape index (κ1) is 16.5. The molecule has 1 aliphatic heterocycles. The Morgan fingerprint density at radius 3 is 2.81 bits per heavy atom. The van der Waals surface area contributed by atoms with E-state index in [1.54, 1.807) is 18.7 Å². The molecule has 3 aromatic rings. The fourth-order valence-corrected chi connectivity index (χ4v) is 3.45. The van der Waals surface area contributed by atoms with Crippen LogP contribution in [0.2, 0.25) is 0 Å². The number of nitrogens with one attached hydrogen (secondary N) is 1. The lowest BCUT2D eigenvalue weighted by molar-refractivity contribution is -0.117. The van der Waals surface area contributed by atoms with E-state index in [9.17, 15) is 4.79 Å². The number of imidazole rings is 1. The third kappa shape index (κ3) is 3.83. The summed E-state index contributed by atoms with van der Waals surface area (Å²) in [7, 11) is 0. The first-order valence-electron chi connectivity index (χ1n) is 8.88. The molecule has 1 aromatic carbocycles. The van der Waals surface area contributed by atoms with E-state index in [1.807, 2.05) is 52.0 Å². The number of benzene rings is 1. The van der Waals surface area contributed by atoms with Crippen LogP contribution in [0.25, 0.3) is 5.69 Å². The van der Waals surface area contributed by atoms with Gasteiger partial charge < -0.3 is 9.88 Å². The van der Waals surface area contributed by atoms with Gasteiger partial charge in [0.15, 0.2) is 0 Å². The normalized spacial score (nSPS) is 17.5. The Hall–Kier alpha value is -2.93. The summed E-state index contributed by atoms with van der Waals surface area (Å²) in [5.74, 6) is 0.0211. The van der Waals surface area contributed by atoms with Crippen molar-refractivity contribution in [3.8, 4) is 5.69 Å². The molecule has 0 radical (unpaired) electrons. The molecule has 2 aromatic heterocycles. The van der Waals surface area contributed by atoms with Crippen LogP contribution in [0.3, 0.4) is 0 Å². The van der Waals surface area contributed by atoms with Gasteiger partial charge in [-0.3, -0.25) is 14.4 Å². The summed E-state index contributed by atoms with van der Waals surface area (Å²) in [6.45, 7) is 2.20. The number of carbonyl (C=O) groups excluding carboxylic acids is 1. The second-order valence-electron chi connectivity index (χ2n) is 6.56. The van der Waals surface area contributed by atoms with Crippen LogP contribution in [0, 0.1) is 0 Å². The van der Waals surface area contributed by atoms with Crippen LogP contribution < -0.4 is 5.32 Å². The van der Waals surface area contributed by atoms with Crippen LogP contribution in [0.1, 0.15) is 12.8 Å². The lowest BCUT2D eigenvalue weighted by Crippen LogP contribution is -2.39. The van der Waals surface area contributed by atoms with Crippen LogP contribution in [0.15, 0.2) is 61.4 Å². The summed E-state index contributed by atoms with van der Waals surface area (Å²) in [6.07, 6.45) is 11.4. The molecule has 0 spiro atoms. The highest BCUT2D eigenvalue weighted by molar-refractivity contribution is 5.92. The van der Waals surface area contributed by atoms with Gasteiger partial charge in [0.1, 0.15) is 0 Å². The minimum Gasteiger partial charge on any atom is -0.325 e. The molecular weight excluding hydrogens is 328 g/mol. The molecule has 4 rings (SSSR count). The lowest BCUT2D eigenvalue weighted by Gasteiger charge is -2.23. The average molecular weight is 350 g/mol. The lowest BCUT2D eigenvalue weighted by atomic mass is 10.2. The van der Waals surface area contributed by atoms with Gasteiger partial charge in [0.05, 0.1) is 19.4 Å². The molecule has 1 aliphatic rings. The maximum Gasteiger partial charge on any atom is 0.238 e. The molecule has 1 atom stereocenters.